The number of rotatable bonds is 4. The molecule has 1 saturated heterocycles. The lowest BCUT2D eigenvalue weighted by Gasteiger charge is -2.33. The Balaban J connectivity index is 1.28. The van der Waals surface area contributed by atoms with E-state index in [-0.39, 0.29) is 12.2 Å². The van der Waals surface area contributed by atoms with Gasteiger partial charge in [0.05, 0.1) is 10.6 Å². The van der Waals surface area contributed by atoms with E-state index in [1.165, 1.54) is 10.5 Å². The number of fused-ring (bicyclic) bond motifs is 1. The summed E-state index contributed by atoms with van der Waals surface area (Å²) in [5.41, 5.74) is 3.18. The van der Waals surface area contributed by atoms with Crippen molar-refractivity contribution in [2.24, 2.45) is 0 Å². The number of amides is 1. The van der Waals surface area contributed by atoms with Gasteiger partial charge in [0.2, 0.25) is 0 Å². The molecule has 1 amide bonds. The summed E-state index contributed by atoms with van der Waals surface area (Å²) in [6, 6.07) is 7.92. The summed E-state index contributed by atoms with van der Waals surface area (Å²) >= 11 is 1.84. The largest absolute Gasteiger partial charge is 0.446 e. The van der Waals surface area contributed by atoms with Crippen molar-refractivity contribution in [2.75, 3.05) is 29.1 Å². The van der Waals surface area contributed by atoms with Gasteiger partial charge in [0.25, 0.3) is 0 Å². The predicted molar refractivity (Wildman–Crippen MR) is 112 cm³/mol. The van der Waals surface area contributed by atoms with Crippen molar-refractivity contribution in [2.45, 2.75) is 50.0 Å². The number of hydrogen-bond donors (Lipinski definition) is 1. The van der Waals surface area contributed by atoms with E-state index in [0.717, 1.165) is 55.3 Å². The van der Waals surface area contributed by atoms with Crippen molar-refractivity contribution < 1.29 is 9.53 Å². The van der Waals surface area contributed by atoms with Crippen LogP contribution in [0.25, 0.3) is 0 Å². The first kappa shape index (κ1) is 19.1. The molecule has 1 N–H and O–H groups in total. The van der Waals surface area contributed by atoms with Gasteiger partial charge in [0.1, 0.15) is 18.2 Å². The Bertz CT molecular complexity index is 833. The minimum atomic E-state index is -0.380. The van der Waals surface area contributed by atoms with Crippen molar-refractivity contribution in [3.8, 4) is 0 Å². The highest BCUT2D eigenvalue weighted by atomic mass is 32.2. The summed E-state index contributed by atoms with van der Waals surface area (Å²) in [4.78, 5) is 24.6. The molecule has 6 nitrogen and oxygen atoms in total. The molecule has 1 aromatic heterocycles. The van der Waals surface area contributed by atoms with E-state index >= 15 is 0 Å². The van der Waals surface area contributed by atoms with Gasteiger partial charge in [-0.15, -0.1) is 11.8 Å². The number of anilines is 2. The number of carbonyl (C=O) groups excluding carboxylic acids is 1. The number of nitrogens with zero attached hydrogens (tertiary/aromatic N) is 3. The lowest BCUT2D eigenvalue weighted by molar-refractivity contribution is 0.0949. The third-order valence-electron chi connectivity index (χ3n) is 5.28. The Labute approximate surface area is 170 Å². The fourth-order valence-corrected chi connectivity index (χ4v) is 4.77. The van der Waals surface area contributed by atoms with Crippen molar-refractivity contribution in [3.63, 3.8) is 0 Å². The molecule has 0 radical (unpaired) electrons. The first-order chi connectivity index (χ1) is 13.6. The van der Waals surface area contributed by atoms with E-state index in [4.69, 9.17) is 4.74 Å². The predicted octanol–water partition coefficient (Wildman–Crippen LogP) is 4.47. The van der Waals surface area contributed by atoms with Crippen molar-refractivity contribution >= 4 is 29.4 Å². The fraction of sp³-hybridized carbons (Fsp3) is 0.476. The van der Waals surface area contributed by atoms with Gasteiger partial charge >= 0.3 is 6.09 Å². The molecule has 1 fully saturated rings. The number of piperidine rings is 1. The van der Waals surface area contributed by atoms with Gasteiger partial charge in [0.15, 0.2) is 0 Å². The van der Waals surface area contributed by atoms with Crippen molar-refractivity contribution in [1.82, 2.24) is 9.97 Å². The molecule has 1 aromatic carbocycles. The second-order valence-corrected chi connectivity index (χ2v) is 8.67. The number of ether oxygens (including phenoxy) is 1. The van der Waals surface area contributed by atoms with Crippen LogP contribution >= 0.6 is 11.8 Å². The van der Waals surface area contributed by atoms with Crippen LogP contribution in [-0.2, 0) is 11.2 Å². The molecule has 0 spiro atoms. The Morgan fingerprint density at radius 3 is 2.68 bits per heavy atom. The zero-order valence-corrected chi connectivity index (χ0v) is 17.2. The lowest BCUT2D eigenvalue weighted by atomic mass is 10.0. The monoisotopic (exact) mass is 398 g/mol. The first-order valence-corrected chi connectivity index (χ1v) is 10.9. The molecule has 3 heterocycles. The molecule has 7 heteroatoms. The van der Waals surface area contributed by atoms with Crippen LogP contribution in [-0.4, -0.2) is 41.0 Å². The van der Waals surface area contributed by atoms with Crippen molar-refractivity contribution in [3.05, 3.63) is 41.9 Å². The molecular weight excluding hydrogens is 372 g/mol. The minimum absolute atomic E-state index is 0.0614. The number of nitrogens with one attached hydrogen (secondary N) is 1. The van der Waals surface area contributed by atoms with Crippen LogP contribution in [0.4, 0.5) is 16.3 Å². The lowest BCUT2D eigenvalue weighted by Crippen LogP contribution is -2.39. The van der Waals surface area contributed by atoms with Gasteiger partial charge < -0.3 is 9.64 Å². The fourth-order valence-electron chi connectivity index (χ4n) is 3.64. The van der Waals surface area contributed by atoms with E-state index in [9.17, 15) is 4.79 Å². The van der Waals surface area contributed by atoms with Crippen LogP contribution in [0.2, 0.25) is 0 Å². The zero-order valence-electron chi connectivity index (χ0n) is 16.4. The summed E-state index contributed by atoms with van der Waals surface area (Å²) in [6.45, 7) is 5.98. The molecular formula is C21H26N4O2S. The molecule has 2 aromatic rings. The smallest absolute Gasteiger partial charge is 0.411 e. The molecule has 148 valence electrons. The quantitative estimate of drug-likeness (QED) is 0.820. The standard InChI is InChI=1S/C21H26N4O2S/c1-14(2)15-3-5-16(6-4-15)24-21(26)27-17-7-10-25(11-8-17)20-19-18(9-12-28-19)22-13-23-20/h3-6,13-14,17H,7-12H2,1-2H3,(H,24,26). The molecule has 4 rings (SSSR count). The maximum Gasteiger partial charge on any atom is 0.411 e. The summed E-state index contributed by atoms with van der Waals surface area (Å²) in [5, 5.41) is 2.83. The third-order valence-corrected chi connectivity index (χ3v) is 6.40. The Hall–Kier alpha value is -2.28. The molecule has 0 atom stereocenters. The van der Waals surface area contributed by atoms with Crippen LogP contribution in [0.3, 0.4) is 0 Å². The van der Waals surface area contributed by atoms with Gasteiger partial charge in [-0.2, -0.15) is 0 Å². The van der Waals surface area contributed by atoms with Gasteiger partial charge in [-0.1, -0.05) is 26.0 Å². The summed E-state index contributed by atoms with van der Waals surface area (Å²) in [6.07, 6.45) is 3.86. The molecule has 2 aliphatic rings. The highest BCUT2D eigenvalue weighted by Gasteiger charge is 2.27. The van der Waals surface area contributed by atoms with Gasteiger partial charge in [-0.3, -0.25) is 5.32 Å². The summed E-state index contributed by atoms with van der Waals surface area (Å²) in [5.74, 6) is 2.60. The summed E-state index contributed by atoms with van der Waals surface area (Å²) < 4.78 is 5.64. The van der Waals surface area contributed by atoms with Crippen LogP contribution in [0, 0.1) is 0 Å². The third kappa shape index (κ3) is 4.24. The first-order valence-electron chi connectivity index (χ1n) is 9.89. The van der Waals surface area contributed by atoms with E-state index in [0.29, 0.717) is 5.92 Å². The molecule has 0 aliphatic carbocycles. The van der Waals surface area contributed by atoms with E-state index in [1.807, 2.05) is 36.0 Å². The molecule has 2 aliphatic heterocycles. The molecule has 0 saturated carbocycles. The zero-order chi connectivity index (χ0) is 19.5. The van der Waals surface area contributed by atoms with Crippen LogP contribution < -0.4 is 10.2 Å². The Morgan fingerprint density at radius 2 is 1.96 bits per heavy atom. The molecule has 0 unspecified atom stereocenters. The maximum atomic E-state index is 12.2. The SMILES string of the molecule is CC(C)c1ccc(NC(=O)OC2CCN(c3ncnc4c3SCC4)CC2)cc1. The highest BCUT2D eigenvalue weighted by molar-refractivity contribution is 7.99. The number of benzene rings is 1. The number of thioether (sulfide) groups is 1. The molecule has 0 bridgehead atoms. The average molecular weight is 399 g/mol. The summed E-state index contributed by atoms with van der Waals surface area (Å²) in [7, 11) is 0. The highest BCUT2D eigenvalue weighted by Crippen LogP contribution is 2.37. The molecule has 28 heavy (non-hydrogen) atoms. The average Bonchev–Trinajstić information content (AvgIpc) is 3.18. The van der Waals surface area contributed by atoms with Crippen molar-refractivity contribution in [1.29, 1.82) is 0 Å². The Morgan fingerprint density at radius 1 is 1.21 bits per heavy atom. The second-order valence-electron chi connectivity index (χ2n) is 7.56. The minimum Gasteiger partial charge on any atom is -0.446 e. The number of carbonyl (C=O) groups is 1. The van der Waals surface area contributed by atoms with Crippen LogP contribution in [0.15, 0.2) is 35.5 Å². The van der Waals surface area contributed by atoms with Crippen LogP contribution in [0.1, 0.15) is 43.9 Å². The van der Waals surface area contributed by atoms with E-state index < -0.39 is 0 Å². The normalized spacial score (nSPS) is 16.9. The number of hydrogen-bond acceptors (Lipinski definition) is 6. The number of aryl methyl sites for hydroxylation is 1. The number of aromatic nitrogens is 2. The maximum absolute atomic E-state index is 12.2. The van der Waals surface area contributed by atoms with Gasteiger partial charge in [0, 0.05) is 43.8 Å². The van der Waals surface area contributed by atoms with E-state index in [2.05, 4.69) is 34.0 Å². The van der Waals surface area contributed by atoms with Gasteiger partial charge in [-0.05, 0) is 23.6 Å². The van der Waals surface area contributed by atoms with Gasteiger partial charge in [-0.25, -0.2) is 14.8 Å². The van der Waals surface area contributed by atoms with Crippen LogP contribution in [0.5, 0.6) is 0 Å². The topological polar surface area (TPSA) is 67.3 Å². The van der Waals surface area contributed by atoms with E-state index in [1.54, 1.807) is 6.33 Å². The second kappa shape index (κ2) is 8.39. The Kier molecular flexibility index (Phi) is 5.71.